The molecule has 0 aromatic carbocycles. The number of nitrogens with zero attached hydrogens (tertiary/aromatic N) is 1. The standard InChI is InChI=1S/C9H13BrN2O2/c1-2-3-4-5-12-8(13)7(10)6-11-9(12)14/h6H,2-5H2,1H3,(H,11,14). The highest BCUT2D eigenvalue weighted by Gasteiger charge is 2.03. The topological polar surface area (TPSA) is 54.9 Å². The van der Waals surface area contributed by atoms with E-state index in [9.17, 15) is 9.59 Å². The quantitative estimate of drug-likeness (QED) is 0.835. The highest BCUT2D eigenvalue weighted by Crippen LogP contribution is 1.98. The number of hydrogen-bond donors (Lipinski definition) is 1. The van der Waals surface area contributed by atoms with Crippen molar-refractivity contribution in [1.29, 1.82) is 0 Å². The van der Waals surface area contributed by atoms with E-state index in [2.05, 4.69) is 27.8 Å². The van der Waals surface area contributed by atoms with Crippen LogP contribution in [0.4, 0.5) is 0 Å². The Morgan fingerprint density at radius 2 is 2.14 bits per heavy atom. The van der Waals surface area contributed by atoms with Crippen molar-refractivity contribution in [2.24, 2.45) is 0 Å². The number of hydrogen-bond acceptors (Lipinski definition) is 2. The second-order valence-electron chi connectivity index (χ2n) is 3.11. The van der Waals surface area contributed by atoms with Crippen LogP contribution in [0.15, 0.2) is 20.3 Å². The summed E-state index contributed by atoms with van der Waals surface area (Å²) in [5.41, 5.74) is -0.598. The van der Waals surface area contributed by atoms with Gasteiger partial charge >= 0.3 is 5.69 Å². The first-order chi connectivity index (χ1) is 6.66. The minimum absolute atomic E-state index is 0.259. The number of unbranched alkanes of at least 4 members (excludes halogenated alkanes) is 2. The molecule has 1 aromatic rings. The smallest absolute Gasteiger partial charge is 0.313 e. The molecule has 0 fully saturated rings. The fourth-order valence-corrected chi connectivity index (χ4v) is 1.54. The predicted octanol–water partition coefficient (Wildman–Crippen LogP) is 1.49. The zero-order valence-corrected chi connectivity index (χ0v) is 9.63. The Bertz CT molecular complexity index is 408. The van der Waals surface area contributed by atoms with Gasteiger partial charge in [-0.1, -0.05) is 19.8 Å². The fourth-order valence-electron chi connectivity index (χ4n) is 1.21. The predicted molar refractivity (Wildman–Crippen MR) is 58.5 cm³/mol. The maximum Gasteiger partial charge on any atom is 0.328 e. The van der Waals surface area contributed by atoms with E-state index in [0.29, 0.717) is 11.0 Å². The zero-order chi connectivity index (χ0) is 10.6. The van der Waals surface area contributed by atoms with Crippen LogP contribution in [0.5, 0.6) is 0 Å². The average Bonchev–Trinajstić information content (AvgIpc) is 2.18. The van der Waals surface area contributed by atoms with Gasteiger partial charge in [-0.3, -0.25) is 9.36 Å². The molecule has 1 rings (SSSR count). The zero-order valence-electron chi connectivity index (χ0n) is 8.05. The van der Waals surface area contributed by atoms with Gasteiger partial charge in [0.15, 0.2) is 0 Å². The molecule has 0 atom stereocenters. The summed E-state index contributed by atoms with van der Waals surface area (Å²) in [5, 5.41) is 0. The first-order valence-corrected chi connectivity index (χ1v) is 5.44. The number of aromatic nitrogens is 2. The molecule has 0 radical (unpaired) electrons. The van der Waals surface area contributed by atoms with Gasteiger partial charge in [0.25, 0.3) is 5.56 Å². The lowest BCUT2D eigenvalue weighted by Crippen LogP contribution is -2.35. The molecule has 0 amide bonds. The van der Waals surface area contributed by atoms with E-state index < -0.39 is 0 Å². The van der Waals surface area contributed by atoms with E-state index in [1.807, 2.05) is 0 Å². The van der Waals surface area contributed by atoms with Gasteiger partial charge in [-0.05, 0) is 22.4 Å². The number of rotatable bonds is 4. The van der Waals surface area contributed by atoms with Crippen molar-refractivity contribution < 1.29 is 0 Å². The van der Waals surface area contributed by atoms with Crippen molar-refractivity contribution in [1.82, 2.24) is 9.55 Å². The summed E-state index contributed by atoms with van der Waals surface area (Å²) in [6.07, 6.45) is 4.33. The molecule has 1 heterocycles. The Kier molecular flexibility index (Phi) is 4.13. The third kappa shape index (κ3) is 2.57. The molecular weight excluding hydrogens is 248 g/mol. The minimum Gasteiger partial charge on any atom is -0.313 e. The third-order valence-corrected chi connectivity index (χ3v) is 2.57. The van der Waals surface area contributed by atoms with Crippen LogP contribution in [0.25, 0.3) is 0 Å². The van der Waals surface area contributed by atoms with Gasteiger partial charge in [0.1, 0.15) is 0 Å². The van der Waals surface area contributed by atoms with Crippen LogP contribution in [0.3, 0.4) is 0 Å². The Morgan fingerprint density at radius 1 is 1.43 bits per heavy atom. The summed E-state index contributed by atoms with van der Waals surface area (Å²) in [5.74, 6) is 0. The molecule has 14 heavy (non-hydrogen) atoms. The summed E-state index contributed by atoms with van der Waals surface area (Å²) < 4.78 is 1.62. The van der Waals surface area contributed by atoms with Gasteiger partial charge in [-0.2, -0.15) is 0 Å². The number of H-pyrrole nitrogens is 1. The Labute approximate surface area is 90.1 Å². The number of nitrogens with one attached hydrogen (secondary N) is 1. The van der Waals surface area contributed by atoms with Crippen LogP contribution < -0.4 is 11.2 Å². The molecule has 78 valence electrons. The molecule has 0 aliphatic heterocycles. The molecule has 0 saturated carbocycles. The van der Waals surface area contributed by atoms with Crippen molar-refractivity contribution in [3.8, 4) is 0 Å². The average molecular weight is 261 g/mol. The van der Waals surface area contributed by atoms with E-state index in [1.54, 1.807) is 0 Å². The van der Waals surface area contributed by atoms with Crippen molar-refractivity contribution in [2.45, 2.75) is 32.7 Å². The van der Waals surface area contributed by atoms with Crippen LogP contribution in [-0.2, 0) is 6.54 Å². The van der Waals surface area contributed by atoms with Crippen LogP contribution >= 0.6 is 15.9 Å². The van der Waals surface area contributed by atoms with E-state index in [0.717, 1.165) is 19.3 Å². The van der Waals surface area contributed by atoms with Crippen LogP contribution in [0.2, 0.25) is 0 Å². The molecule has 1 aromatic heterocycles. The van der Waals surface area contributed by atoms with E-state index in [4.69, 9.17) is 0 Å². The SMILES string of the molecule is CCCCCn1c(=O)[nH]cc(Br)c1=O. The number of aromatic amines is 1. The summed E-state index contributed by atoms with van der Waals surface area (Å²) in [6, 6.07) is 0. The molecule has 0 saturated heterocycles. The first-order valence-electron chi connectivity index (χ1n) is 4.65. The van der Waals surface area contributed by atoms with Crippen molar-refractivity contribution >= 4 is 15.9 Å². The molecular formula is C9H13BrN2O2. The summed E-state index contributed by atoms with van der Waals surface area (Å²) in [4.78, 5) is 25.2. The largest absolute Gasteiger partial charge is 0.328 e. The lowest BCUT2D eigenvalue weighted by molar-refractivity contribution is 0.561. The summed E-state index contributed by atoms with van der Waals surface area (Å²) >= 11 is 3.09. The van der Waals surface area contributed by atoms with Gasteiger partial charge in [0.05, 0.1) is 4.47 Å². The molecule has 0 aliphatic carbocycles. The van der Waals surface area contributed by atoms with Crippen molar-refractivity contribution in [2.75, 3.05) is 0 Å². The van der Waals surface area contributed by atoms with Crippen LogP contribution in [0.1, 0.15) is 26.2 Å². The van der Waals surface area contributed by atoms with Gasteiger partial charge in [-0.15, -0.1) is 0 Å². The normalized spacial score (nSPS) is 10.4. The Morgan fingerprint density at radius 3 is 2.79 bits per heavy atom. The number of halogens is 1. The Balaban J connectivity index is 2.90. The summed E-state index contributed by atoms with van der Waals surface area (Å²) in [7, 11) is 0. The van der Waals surface area contributed by atoms with E-state index >= 15 is 0 Å². The Hall–Kier alpha value is -0.840. The van der Waals surface area contributed by atoms with Gasteiger partial charge in [0, 0.05) is 12.7 Å². The van der Waals surface area contributed by atoms with Crippen molar-refractivity contribution in [3.05, 3.63) is 31.5 Å². The molecule has 0 aliphatic rings. The van der Waals surface area contributed by atoms with Crippen LogP contribution in [-0.4, -0.2) is 9.55 Å². The third-order valence-electron chi connectivity index (χ3n) is 2.00. The van der Waals surface area contributed by atoms with E-state index in [1.165, 1.54) is 10.8 Å². The summed E-state index contributed by atoms with van der Waals surface area (Å²) in [6.45, 7) is 2.56. The molecule has 0 unspecified atom stereocenters. The van der Waals surface area contributed by atoms with E-state index in [-0.39, 0.29) is 11.2 Å². The van der Waals surface area contributed by atoms with Gasteiger partial charge in [0.2, 0.25) is 0 Å². The monoisotopic (exact) mass is 260 g/mol. The molecule has 1 N–H and O–H groups in total. The maximum absolute atomic E-state index is 11.5. The highest BCUT2D eigenvalue weighted by molar-refractivity contribution is 9.10. The van der Waals surface area contributed by atoms with Gasteiger partial charge in [-0.25, -0.2) is 4.79 Å². The highest BCUT2D eigenvalue weighted by atomic mass is 79.9. The molecule has 0 spiro atoms. The lowest BCUT2D eigenvalue weighted by atomic mass is 10.2. The fraction of sp³-hybridized carbons (Fsp3) is 0.556. The molecule has 0 bridgehead atoms. The molecule has 5 heteroatoms. The maximum atomic E-state index is 11.5. The molecule has 4 nitrogen and oxygen atoms in total. The second-order valence-corrected chi connectivity index (χ2v) is 3.96. The first kappa shape index (κ1) is 11.2. The second kappa shape index (κ2) is 5.14. The lowest BCUT2D eigenvalue weighted by Gasteiger charge is -2.03. The minimum atomic E-state index is -0.339. The van der Waals surface area contributed by atoms with Gasteiger partial charge < -0.3 is 4.98 Å². The van der Waals surface area contributed by atoms with Crippen LogP contribution in [0, 0.1) is 0 Å². The van der Waals surface area contributed by atoms with Crippen molar-refractivity contribution in [3.63, 3.8) is 0 Å².